The maximum atomic E-state index is 13.5. The van der Waals surface area contributed by atoms with Gasteiger partial charge >= 0.3 is 5.97 Å². The van der Waals surface area contributed by atoms with E-state index >= 15 is 0 Å². The van der Waals surface area contributed by atoms with Crippen LogP contribution in [0.25, 0.3) is 0 Å². The summed E-state index contributed by atoms with van der Waals surface area (Å²) in [5.74, 6) is -2.11. The molecule has 1 aromatic carbocycles. The molecule has 3 amide bonds. The van der Waals surface area contributed by atoms with Gasteiger partial charge < -0.3 is 24.7 Å². The highest BCUT2D eigenvalue weighted by Gasteiger charge is 2.35. The van der Waals surface area contributed by atoms with Crippen LogP contribution in [0.15, 0.2) is 47.1 Å². The Balaban J connectivity index is 1.88. The van der Waals surface area contributed by atoms with Gasteiger partial charge in [-0.25, -0.2) is 0 Å². The number of hydrogen-bond donors (Lipinski definition) is 2. The number of hydrogen-bond acceptors (Lipinski definition) is 6. The molecule has 3 rings (SSSR count). The summed E-state index contributed by atoms with van der Waals surface area (Å²) in [6, 6.07) is 9.23. The number of rotatable bonds is 10. The van der Waals surface area contributed by atoms with E-state index < -0.39 is 36.9 Å². The average molecular weight is 470 g/mol. The number of amides is 3. The Morgan fingerprint density at radius 3 is 2.50 bits per heavy atom. The molecule has 2 N–H and O–H groups in total. The van der Waals surface area contributed by atoms with Crippen molar-refractivity contribution in [1.29, 1.82) is 0 Å². The molecule has 1 fully saturated rings. The van der Waals surface area contributed by atoms with Crippen LogP contribution >= 0.6 is 0 Å². The standard InChI is InChI=1S/C25H31N3O6/c1-3-33-22(30)16-28(21(29)15-26-24(31)20-13-8-14-34-20)23(19-12-7-4-9-17(19)2)25(32)27-18-10-5-6-11-18/h4,7-9,12-14,18,23H,3,5-6,10-11,15-16H2,1-2H3,(H,26,31)(H,27,32)/t23-/m0/s1. The van der Waals surface area contributed by atoms with Crippen LogP contribution in [0, 0.1) is 6.92 Å². The maximum absolute atomic E-state index is 13.5. The van der Waals surface area contributed by atoms with Gasteiger partial charge in [0.2, 0.25) is 11.8 Å². The molecule has 0 radical (unpaired) electrons. The molecule has 2 aromatic rings. The summed E-state index contributed by atoms with van der Waals surface area (Å²) in [6.07, 6.45) is 5.16. The van der Waals surface area contributed by atoms with Crippen molar-refractivity contribution in [2.24, 2.45) is 0 Å². The van der Waals surface area contributed by atoms with Gasteiger partial charge in [0.1, 0.15) is 12.6 Å². The molecule has 1 heterocycles. The zero-order valence-corrected chi connectivity index (χ0v) is 19.5. The fraction of sp³-hybridized carbons (Fsp3) is 0.440. The maximum Gasteiger partial charge on any atom is 0.325 e. The SMILES string of the molecule is CCOC(=O)CN(C(=O)CNC(=O)c1ccco1)[C@H](C(=O)NC1CCCC1)c1ccccc1C. The van der Waals surface area contributed by atoms with Gasteiger partial charge in [0.15, 0.2) is 5.76 Å². The molecule has 0 unspecified atom stereocenters. The summed E-state index contributed by atoms with van der Waals surface area (Å²) in [7, 11) is 0. The predicted molar refractivity (Wildman–Crippen MR) is 124 cm³/mol. The highest BCUT2D eigenvalue weighted by atomic mass is 16.5. The van der Waals surface area contributed by atoms with Crippen molar-refractivity contribution >= 4 is 23.7 Å². The third kappa shape index (κ3) is 6.46. The van der Waals surface area contributed by atoms with Crippen LogP contribution in [-0.4, -0.2) is 54.3 Å². The van der Waals surface area contributed by atoms with Gasteiger partial charge in [-0.05, 0) is 49.9 Å². The summed E-state index contributed by atoms with van der Waals surface area (Å²) in [4.78, 5) is 52.7. The van der Waals surface area contributed by atoms with Crippen LogP contribution in [0.5, 0.6) is 0 Å². The predicted octanol–water partition coefficient (Wildman–Crippen LogP) is 2.51. The lowest BCUT2D eigenvalue weighted by Crippen LogP contribution is -2.50. The Morgan fingerprint density at radius 1 is 1.12 bits per heavy atom. The first kappa shape index (κ1) is 25.0. The molecule has 0 aliphatic heterocycles. The van der Waals surface area contributed by atoms with Crippen molar-refractivity contribution in [1.82, 2.24) is 15.5 Å². The van der Waals surface area contributed by atoms with Crippen LogP contribution in [0.2, 0.25) is 0 Å². The van der Waals surface area contributed by atoms with Crippen molar-refractivity contribution in [2.75, 3.05) is 19.7 Å². The second-order valence-electron chi connectivity index (χ2n) is 8.24. The summed E-state index contributed by atoms with van der Waals surface area (Å²) in [5.41, 5.74) is 1.41. The highest BCUT2D eigenvalue weighted by molar-refractivity contribution is 5.96. The quantitative estimate of drug-likeness (QED) is 0.516. The van der Waals surface area contributed by atoms with E-state index in [1.54, 1.807) is 25.1 Å². The largest absolute Gasteiger partial charge is 0.465 e. The van der Waals surface area contributed by atoms with E-state index in [1.807, 2.05) is 19.1 Å². The normalized spacial score (nSPS) is 14.3. The van der Waals surface area contributed by atoms with E-state index in [0.717, 1.165) is 31.2 Å². The molecule has 182 valence electrons. The smallest absolute Gasteiger partial charge is 0.325 e. The summed E-state index contributed by atoms with van der Waals surface area (Å²) in [5, 5.41) is 5.54. The molecule has 0 bridgehead atoms. The van der Waals surface area contributed by atoms with Crippen LogP contribution in [0.1, 0.15) is 60.3 Å². The number of nitrogens with one attached hydrogen (secondary N) is 2. The first-order valence-electron chi connectivity index (χ1n) is 11.5. The van der Waals surface area contributed by atoms with E-state index in [9.17, 15) is 19.2 Å². The average Bonchev–Trinajstić information content (AvgIpc) is 3.53. The number of ether oxygens (including phenoxy) is 1. The van der Waals surface area contributed by atoms with Crippen molar-refractivity contribution in [2.45, 2.75) is 51.6 Å². The van der Waals surface area contributed by atoms with Gasteiger partial charge in [-0.2, -0.15) is 0 Å². The minimum absolute atomic E-state index is 0.0252. The molecule has 1 aliphatic rings. The molecule has 0 spiro atoms. The van der Waals surface area contributed by atoms with Gasteiger partial charge in [-0.15, -0.1) is 0 Å². The number of esters is 1. The van der Waals surface area contributed by atoms with E-state index in [-0.39, 0.29) is 24.3 Å². The van der Waals surface area contributed by atoms with Gasteiger partial charge in [-0.3, -0.25) is 19.2 Å². The third-order valence-corrected chi connectivity index (χ3v) is 5.81. The minimum Gasteiger partial charge on any atom is -0.465 e. The van der Waals surface area contributed by atoms with E-state index in [1.165, 1.54) is 17.2 Å². The summed E-state index contributed by atoms with van der Waals surface area (Å²) in [6.45, 7) is 2.80. The second-order valence-corrected chi connectivity index (χ2v) is 8.24. The van der Waals surface area contributed by atoms with Gasteiger partial charge in [0.25, 0.3) is 5.91 Å². The number of furan rings is 1. The highest BCUT2D eigenvalue weighted by Crippen LogP contribution is 2.26. The first-order valence-corrected chi connectivity index (χ1v) is 11.5. The summed E-state index contributed by atoms with van der Waals surface area (Å²) < 4.78 is 10.1. The fourth-order valence-electron chi connectivity index (χ4n) is 4.12. The van der Waals surface area contributed by atoms with Gasteiger partial charge in [-0.1, -0.05) is 37.1 Å². The third-order valence-electron chi connectivity index (χ3n) is 5.81. The monoisotopic (exact) mass is 469 g/mol. The van der Waals surface area contributed by atoms with Crippen LogP contribution in [-0.2, 0) is 19.1 Å². The molecule has 0 saturated heterocycles. The fourth-order valence-corrected chi connectivity index (χ4v) is 4.12. The number of carbonyl (C=O) groups is 4. The second kappa shape index (κ2) is 12.0. The van der Waals surface area contributed by atoms with Gasteiger partial charge in [0, 0.05) is 6.04 Å². The molecule has 1 aromatic heterocycles. The van der Waals surface area contributed by atoms with Crippen molar-refractivity contribution in [3.05, 3.63) is 59.5 Å². The Kier molecular flexibility index (Phi) is 8.84. The lowest BCUT2D eigenvalue weighted by atomic mass is 9.98. The minimum atomic E-state index is -1.06. The Bertz CT molecular complexity index is 998. The lowest BCUT2D eigenvalue weighted by Gasteiger charge is -2.32. The molecular formula is C25H31N3O6. The van der Waals surface area contributed by atoms with Crippen LogP contribution < -0.4 is 10.6 Å². The van der Waals surface area contributed by atoms with Crippen molar-refractivity contribution in [3.8, 4) is 0 Å². The zero-order valence-electron chi connectivity index (χ0n) is 19.5. The molecule has 1 aliphatic carbocycles. The Hall–Kier alpha value is -3.62. The van der Waals surface area contributed by atoms with E-state index in [0.29, 0.717) is 5.56 Å². The van der Waals surface area contributed by atoms with E-state index in [2.05, 4.69) is 10.6 Å². The Morgan fingerprint density at radius 2 is 1.85 bits per heavy atom. The zero-order chi connectivity index (χ0) is 24.5. The molecule has 34 heavy (non-hydrogen) atoms. The van der Waals surface area contributed by atoms with Crippen LogP contribution in [0.4, 0.5) is 0 Å². The topological polar surface area (TPSA) is 118 Å². The van der Waals surface area contributed by atoms with Gasteiger partial charge in [0.05, 0.1) is 19.4 Å². The number of nitrogens with zero attached hydrogens (tertiary/aromatic N) is 1. The van der Waals surface area contributed by atoms with Crippen LogP contribution in [0.3, 0.4) is 0 Å². The molecule has 9 heteroatoms. The molecular weight excluding hydrogens is 438 g/mol. The van der Waals surface area contributed by atoms with Crippen molar-refractivity contribution in [3.63, 3.8) is 0 Å². The summed E-state index contributed by atoms with van der Waals surface area (Å²) >= 11 is 0. The number of aryl methyl sites for hydroxylation is 1. The number of carbonyl (C=O) groups excluding carboxylic acids is 4. The molecule has 9 nitrogen and oxygen atoms in total. The van der Waals surface area contributed by atoms with E-state index in [4.69, 9.17) is 9.15 Å². The molecule has 1 saturated carbocycles. The molecule has 1 atom stereocenters. The van der Waals surface area contributed by atoms with Crippen molar-refractivity contribution < 1.29 is 28.3 Å². The lowest BCUT2D eigenvalue weighted by molar-refractivity contribution is -0.152. The number of benzene rings is 1. The Labute approximate surface area is 198 Å². The first-order chi connectivity index (χ1) is 16.4.